The van der Waals surface area contributed by atoms with Crippen molar-refractivity contribution in [2.45, 2.75) is 80.1 Å². The van der Waals surface area contributed by atoms with Crippen molar-refractivity contribution in [3.63, 3.8) is 0 Å². The van der Waals surface area contributed by atoms with Crippen LogP contribution in [0.4, 0.5) is 0 Å². The monoisotopic (exact) mass is 616 g/mol. The van der Waals surface area contributed by atoms with Crippen LogP contribution in [0, 0.1) is 27.7 Å². The van der Waals surface area contributed by atoms with E-state index in [1.54, 1.807) is 0 Å². The van der Waals surface area contributed by atoms with E-state index in [9.17, 15) is 5.53 Å². The van der Waals surface area contributed by atoms with E-state index >= 15 is 0 Å². The molecule has 0 amide bonds. The molecule has 5 heteroatoms. The molecule has 1 aliphatic heterocycles. The summed E-state index contributed by atoms with van der Waals surface area (Å²) in [7, 11) is 1.25. The molecular weight excluding hydrogens is 583 g/mol. The van der Waals surface area contributed by atoms with Gasteiger partial charge in [0.25, 0.3) is 0 Å². The molecule has 0 saturated carbocycles. The third-order valence-corrected chi connectivity index (χ3v) is 5.91. The molecule has 2 aromatic rings. The maximum absolute atomic E-state index is 11.6. The van der Waals surface area contributed by atoms with Gasteiger partial charge in [-0.15, -0.1) is 0 Å². The summed E-state index contributed by atoms with van der Waals surface area (Å²) in [6.07, 6.45) is 6.57. The van der Waals surface area contributed by atoms with E-state index in [4.69, 9.17) is 0 Å². The van der Waals surface area contributed by atoms with E-state index in [0.29, 0.717) is 0 Å². The molecule has 0 radical (unpaired) electrons. The van der Waals surface area contributed by atoms with Gasteiger partial charge in [-0.1, -0.05) is 61.1 Å². The molecule has 0 atom stereocenters. The molecule has 0 aromatic heterocycles. The Balaban J connectivity index is 0.00000122. The molecule has 0 saturated heterocycles. The van der Waals surface area contributed by atoms with Gasteiger partial charge in [0.1, 0.15) is 0 Å². The molecule has 2 aromatic carbocycles. The fourth-order valence-electron chi connectivity index (χ4n) is 4.71. The SMILES string of the molecule is CCCCC1=C(c2cc(C)cc(C)c2)[N+](=[N-])C(c2cc(C)cc(C)c2)=C1CCCC.[Br][Ni][Br]. The van der Waals surface area contributed by atoms with Gasteiger partial charge in [0.2, 0.25) is 11.4 Å². The predicted molar refractivity (Wildman–Crippen MR) is 146 cm³/mol. The van der Waals surface area contributed by atoms with Crippen LogP contribution in [0.3, 0.4) is 0 Å². The van der Waals surface area contributed by atoms with Crippen molar-refractivity contribution in [1.82, 2.24) is 0 Å². The molecule has 2 nitrogen and oxygen atoms in total. The van der Waals surface area contributed by atoms with Gasteiger partial charge in [-0.2, -0.15) is 0 Å². The van der Waals surface area contributed by atoms with Crippen LogP contribution >= 0.6 is 28.5 Å². The summed E-state index contributed by atoms with van der Waals surface area (Å²) in [5.74, 6) is 0. The van der Waals surface area contributed by atoms with Crippen LogP contribution < -0.4 is 0 Å². The van der Waals surface area contributed by atoms with Gasteiger partial charge in [0.15, 0.2) is 0 Å². The first kappa shape index (κ1) is 28.2. The molecule has 1 aliphatic rings. The minimum atomic E-state index is 0.982. The number of allylic oxidation sites excluding steroid dienone is 2. The van der Waals surface area contributed by atoms with Crippen molar-refractivity contribution >= 4 is 39.8 Å². The fourth-order valence-corrected chi connectivity index (χ4v) is 4.71. The summed E-state index contributed by atoms with van der Waals surface area (Å²) in [5.41, 5.74) is 23.4. The van der Waals surface area contributed by atoms with Gasteiger partial charge in [-0.25, -0.2) is 4.70 Å². The average molecular weight is 619 g/mol. The molecular formula is C28H36Br2N2Ni. The van der Waals surface area contributed by atoms with Crippen LogP contribution in [0.5, 0.6) is 0 Å². The van der Waals surface area contributed by atoms with Crippen molar-refractivity contribution in [3.05, 3.63) is 86.5 Å². The third-order valence-electron chi connectivity index (χ3n) is 5.91. The Morgan fingerprint density at radius 2 is 0.970 bits per heavy atom. The van der Waals surface area contributed by atoms with E-state index in [1.165, 1.54) is 49.0 Å². The number of nitrogens with zero attached hydrogens (tertiary/aromatic N) is 2. The minimum absolute atomic E-state index is 0.982. The molecule has 33 heavy (non-hydrogen) atoms. The van der Waals surface area contributed by atoms with Gasteiger partial charge < -0.3 is 5.53 Å². The first-order valence-electron chi connectivity index (χ1n) is 11.7. The second-order valence-electron chi connectivity index (χ2n) is 8.97. The summed E-state index contributed by atoms with van der Waals surface area (Å²) < 4.78 is 1.50. The molecule has 0 aliphatic carbocycles. The number of halogens is 2. The maximum atomic E-state index is 11.6. The van der Waals surface area contributed by atoms with Crippen molar-refractivity contribution < 1.29 is 15.6 Å². The summed E-state index contributed by atoms with van der Waals surface area (Å²) >= 11 is 6.00. The quantitative estimate of drug-likeness (QED) is 0.208. The summed E-state index contributed by atoms with van der Waals surface area (Å²) in [6.45, 7) is 13.0. The van der Waals surface area contributed by atoms with Crippen molar-refractivity contribution in [2.75, 3.05) is 0 Å². The van der Waals surface area contributed by atoms with E-state index < -0.39 is 0 Å². The number of aryl methyl sites for hydroxylation is 4. The zero-order chi connectivity index (χ0) is 24.5. The van der Waals surface area contributed by atoms with Gasteiger partial charge >= 0.3 is 39.3 Å². The molecule has 0 bridgehead atoms. The van der Waals surface area contributed by atoms with E-state index in [0.717, 1.165) is 61.0 Å². The Morgan fingerprint density at radius 3 is 1.24 bits per heavy atom. The molecule has 3 rings (SSSR count). The molecule has 0 N–H and O–H groups in total. The van der Waals surface area contributed by atoms with Gasteiger partial charge in [0, 0.05) is 22.3 Å². The average Bonchev–Trinajstić information content (AvgIpc) is 3.00. The Morgan fingerprint density at radius 1 is 0.667 bits per heavy atom. The van der Waals surface area contributed by atoms with Crippen LogP contribution in [0.15, 0.2) is 47.5 Å². The van der Waals surface area contributed by atoms with E-state index in [2.05, 4.69) is 106 Å². The van der Waals surface area contributed by atoms with Crippen molar-refractivity contribution in [1.29, 1.82) is 0 Å². The molecule has 182 valence electrons. The summed E-state index contributed by atoms with van der Waals surface area (Å²) in [6, 6.07) is 13.2. The summed E-state index contributed by atoms with van der Waals surface area (Å²) in [4.78, 5) is 0. The fraction of sp³-hybridized carbons (Fsp3) is 0.429. The Bertz CT molecular complexity index is 932. The van der Waals surface area contributed by atoms with Gasteiger partial charge in [-0.3, -0.25) is 0 Å². The molecule has 0 fully saturated rings. The van der Waals surface area contributed by atoms with Crippen molar-refractivity contribution in [2.24, 2.45) is 0 Å². The first-order chi connectivity index (χ1) is 15.8. The second-order valence-corrected chi connectivity index (χ2v) is 14.0. The van der Waals surface area contributed by atoms with Gasteiger partial charge in [0.05, 0.1) is 0 Å². The van der Waals surface area contributed by atoms with Crippen molar-refractivity contribution in [3.8, 4) is 0 Å². The van der Waals surface area contributed by atoms with Crippen LogP contribution in [0.2, 0.25) is 0 Å². The molecule has 1 heterocycles. The number of benzene rings is 2. The molecule has 0 unspecified atom stereocenters. The van der Waals surface area contributed by atoms with E-state index in [1.807, 2.05) is 0 Å². The number of hydrogen-bond donors (Lipinski definition) is 0. The Kier molecular flexibility index (Phi) is 11.8. The van der Waals surface area contributed by atoms with Crippen LogP contribution in [0.25, 0.3) is 16.9 Å². The topological polar surface area (TPSA) is 25.3 Å². The van der Waals surface area contributed by atoms with E-state index in [-0.39, 0.29) is 0 Å². The number of unbranched alkanes of at least 4 members (excludes halogenated alkanes) is 2. The Hall–Kier alpha value is -1.03. The standard InChI is InChI=1S/C28H36N2.2BrH.Ni/c1-7-9-11-25-26(12-10-8-2)28(24-17-21(5)14-22(6)18-24)30(29)27(25)23-15-19(3)13-20(4)16-23;;;/h13-18H,7-12H2,1-6H3;2*1H;/q;;;+2/p-2. The summed E-state index contributed by atoms with van der Waals surface area (Å²) in [5, 5.41) is 0. The Labute approximate surface area is 220 Å². The predicted octanol–water partition coefficient (Wildman–Crippen LogP) is 10.2. The first-order valence-corrected chi connectivity index (χ1v) is 16.6. The van der Waals surface area contributed by atoms with Crippen LogP contribution in [-0.2, 0) is 10.9 Å². The second kappa shape index (κ2) is 13.8. The van der Waals surface area contributed by atoms with Gasteiger partial charge in [-0.05, 0) is 77.6 Å². The zero-order valence-electron chi connectivity index (χ0n) is 20.7. The number of rotatable bonds is 8. The van der Waals surface area contributed by atoms with Crippen LogP contribution in [0.1, 0.15) is 85.8 Å². The third kappa shape index (κ3) is 7.48. The zero-order valence-corrected chi connectivity index (χ0v) is 24.8. The normalized spacial score (nSPS) is 13.6. The number of hydrogen-bond acceptors (Lipinski definition) is 0. The van der Waals surface area contributed by atoms with Crippen LogP contribution in [-0.4, -0.2) is 4.70 Å². The molecule has 0 spiro atoms.